The monoisotopic (exact) mass is 312 g/mol. The van der Waals surface area contributed by atoms with Crippen LogP contribution in [0, 0.1) is 11.7 Å². The van der Waals surface area contributed by atoms with Gasteiger partial charge in [-0.1, -0.05) is 26.0 Å². The van der Waals surface area contributed by atoms with Crippen molar-refractivity contribution >= 4 is 23.2 Å². The molecule has 5 heteroatoms. The minimum atomic E-state index is -0.567. The fourth-order valence-corrected chi connectivity index (χ4v) is 2.87. The predicted octanol–water partition coefficient (Wildman–Crippen LogP) is 3.77. The minimum Gasteiger partial charge on any atom is -0.325 e. The van der Waals surface area contributed by atoms with E-state index in [1.165, 1.54) is 18.2 Å². The molecule has 2 aromatic rings. The minimum absolute atomic E-state index is 0.0115. The zero-order valence-corrected chi connectivity index (χ0v) is 12.9. The normalized spacial score (nSPS) is 16.2. The van der Waals surface area contributed by atoms with Crippen LogP contribution in [0.5, 0.6) is 0 Å². The van der Waals surface area contributed by atoms with Gasteiger partial charge in [0.25, 0.3) is 5.91 Å². The Morgan fingerprint density at radius 3 is 2.65 bits per heavy atom. The van der Waals surface area contributed by atoms with Gasteiger partial charge in [-0.25, -0.2) is 4.39 Å². The molecule has 2 aromatic carbocycles. The fourth-order valence-electron chi connectivity index (χ4n) is 2.87. The van der Waals surface area contributed by atoms with Crippen LogP contribution in [-0.2, 0) is 4.79 Å². The molecule has 3 rings (SSSR count). The molecule has 2 amide bonds. The van der Waals surface area contributed by atoms with Gasteiger partial charge in [-0.2, -0.15) is 0 Å². The molecule has 0 bridgehead atoms. The van der Waals surface area contributed by atoms with Crippen LogP contribution in [0.3, 0.4) is 0 Å². The molecule has 1 atom stereocenters. The van der Waals surface area contributed by atoms with Crippen molar-refractivity contribution in [1.29, 1.82) is 0 Å². The van der Waals surface area contributed by atoms with Gasteiger partial charge >= 0.3 is 0 Å². The highest BCUT2D eigenvalue weighted by Crippen LogP contribution is 2.38. The third-order valence-corrected chi connectivity index (χ3v) is 3.97. The van der Waals surface area contributed by atoms with Crippen molar-refractivity contribution in [3.8, 4) is 0 Å². The smallest absolute Gasteiger partial charge is 0.258 e. The third-order valence-electron chi connectivity index (χ3n) is 3.97. The number of halogens is 1. The van der Waals surface area contributed by atoms with E-state index in [2.05, 4.69) is 10.6 Å². The second-order valence-corrected chi connectivity index (χ2v) is 5.95. The molecule has 0 fully saturated rings. The van der Waals surface area contributed by atoms with E-state index in [4.69, 9.17) is 0 Å². The number of fused-ring (bicyclic) bond motifs is 1. The van der Waals surface area contributed by atoms with Crippen molar-refractivity contribution < 1.29 is 14.0 Å². The molecule has 23 heavy (non-hydrogen) atoms. The Balaban J connectivity index is 1.87. The quantitative estimate of drug-likeness (QED) is 0.906. The van der Waals surface area contributed by atoms with Crippen LogP contribution in [0.1, 0.15) is 35.7 Å². The summed E-state index contributed by atoms with van der Waals surface area (Å²) in [5, 5.41) is 5.52. The van der Waals surface area contributed by atoms with Crippen LogP contribution in [0.15, 0.2) is 42.5 Å². The van der Waals surface area contributed by atoms with E-state index in [0.29, 0.717) is 5.69 Å². The second-order valence-electron chi connectivity index (χ2n) is 5.95. The van der Waals surface area contributed by atoms with Crippen molar-refractivity contribution in [2.24, 2.45) is 5.92 Å². The van der Waals surface area contributed by atoms with Gasteiger partial charge in [0, 0.05) is 11.4 Å². The summed E-state index contributed by atoms with van der Waals surface area (Å²) < 4.78 is 13.7. The lowest BCUT2D eigenvalue weighted by Crippen LogP contribution is -2.17. The fraction of sp³-hybridized carbons (Fsp3) is 0.222. The average Bonchev–Trinajstić information content (AvgIpc) is 2.82. The lowest BCUT2D eigenvalue weighted by molar-refractivity contribution is -0.117. The number of carbonyl (C=O) groups excluding carboxylic acids is 2. The summed E-state index contributed by atoms with van der Waals surface area (Å²) in [6.07, 6.45) is 0. The number of hydrogen-bond acceptors (Lipinski definition) is 2. The van der Waals surface area contributed by atoms with Gasteiger partial charge in [-0.15, -0.1) is 0 Å². The summed E-state index contributed by atoms with van der Waals surface area (Å²) in [6.45, 7) is 3.95. The first-order chi connectivity index (χ1) is 11.0. The zero-order valence-electron chi connectivity index (χ0n) is 12.9. The van der Waals surface area contributed by atoms with E-state index in [-0.39, 0.29) is 23.3 Å². The van der Waals surface area contributed by atoms with Crippen molar-refractivity contribution in [2.75, 3.05) is 10.6 Å². The first-order valence-electron chi connectivity index (χ1n) is 7.48. The summed E-state index contributed by atoms with van der Waals surface area (Å²) in [5.74, 6) is -1.21. The molecule has 0 saturated carbocycles. The highest BCUT2D eigenvalue weighted by molar-refractivity contribution is 6.06. The van der Waals surface area contributed by atoms with Gasteiger partial charge in [0.15, 0.2) is 0 Å². The number of carbonyl (C=O) groups is 2. The summed E-state index contributed by atoms with van der Waals surface area (Å²) in [7, 11) is 0. The highest BCUT2D eigenvalue weighted by Gasteiger charge is 2.33. The topological polar surface area (TPSA) is 58.2 Å². The van der Waals surface area contributed by atoms with Crippen LogP contribution in [0.2, 0.25) is 0 Å². The molecular weight excluding hydrogens is 295 g/mol. The van der Waals surface area contributed by atoms with E-state index in [0.717, 1.165) is 11.3 Å². The van der Waals surface area contributed by atoms with E-state index < -0.39 is 11.7 Å². The average molecular weight is 312 g/mol. The largest absolute Gasteiger partial charge is 0.325 e. The molecule has 0 spiro atoms. The third kappa shape index (κ3) is 2.82. The Morgan fingerprint density at radius 1 is 1.22 bits per heavy atom. The van der Waals surface area contributed by atoms with E-state index in [9.17, 15) is 14.0 Å². The molecule has 1 heterocycles. The van der Waals surface area contributed by atoms with Gasteiger partial charge in [0.05, 0.1) is 11.5 Å². The molecule has 118 valence electrons. The Hall–Kier alpha value is -2.69. The van der Waals surface area contributed by atoms with Crippen LogP contribution >= 0.6 is 0 Å². The van der Waals surface area contributed by atoms with Crippen molar-refractivity contribution in [2.45, 2.75) is 19.8 Å². The SMILES string of the molecule is CC(C)C1C(=O)Nc2ccc(NC(=O)c3ccccc3F)cc21. The second kappa shape index (κ2) is 5.83. The number of benzene rings is 2. The maximum absolute atomic E-state index is 13.7. The number of anilines is 2. The van der Waals surface area contributed by atoms with E-state index in [1.807, 2.05) is 13.8 Å². The van der Waals surface area contributed by atoms with Crippen LogP contribution < -0.4 is 10.6 Å². The Labute approximate surface area is 133 Å². The number of hydrogen-bond donors (Lipinski definition) is 2. The molecule has 1 unspecified atom stereocenters. The lowest BCUT2D eigenvalue weighted by atomic mass is 9.89. The first kappa shape index (κ1) is 15.2. The summed E-state index contributed by atoms with van der Waals surface area (Å²) >= 11 is 0. The van der Waals surface area contributed by atoms with Gasteiger partial charge in [-0.3, -0.25) is 9.59 Å². The molecule has 0 saturated heterocycles. The summed E-state index contributed by atoms with van der Waals surface area (Å²) in [6, 6.07) is 11.0. The van der Waals surface area contributed by atoms with E-state index >= 15 is 0 Å². The van der Waals surface area contributed by atoms with Gasteiger partial charge in [0.1, 0.15) is 5.82 Å². The van der Waals surface area contributed by atoms with Crippen molar-refractivity contribution in [1.82, 2.24) is 0 Å². The number of amides is 2. The maximum atomic E-state index is 13.7. The number of nitrogens with one attached hydrogen (secondary N) is 2. The van der Waals surface area contributed by atoms with Gasteiger partial charge in [-0.05, 0) is 41.8 Å². The molecule has 0 radical (unpaired) electrons. The van der Waals surface area contributed by atoms with E-state index in [1.54, 1.807) is 24.3 Å². The zero-order chi connectivity index (χ0) is 16.6. The standard InChI is InChI=1S/C18H17FN2O2/c1-10(2)16-13-9-11(7-8-15(13)21-18(16)23)20-17(22)12-5-3-4-6-14(12)19/h3-10,16H,1-2H3,(H,20,22)(H,21,23). The van der Waals surface area contributed by atoms with Gasteiger partial charge in [0.2, 0.25) is 5.91 Å². The molecule has 2 N–H and O–H groups in total. The molecule has 4 nitrogen and oxygen atoms in total. The predicted molar refractivity (Wildman–Crippen MR) is 87.0 cm³/mol. The van der Waals surface area contributed by atoms with Crippen molar-refractivity contribution in [3.05, 3.63) is 59.4 Å². The Morgan fingerprint density at radius 2 is 1.96 bits per heavy atom. The molecule has 1 aliphatic rings. The molecule has 1 aliphatic heterocycles. The van der Waals surface area contributed by atoms with Gasteiger partial charge < -0.3 is 10.6 Å². The number of rotatable bonds is 3. The summed E-state index contributed by atoms with van der Waals surface area (Å²) in [4.78, 5) is 24.2. The Kier molecular flexibility index (Phi) is 3.86. The lowest BCUT2D eigenvalue weighted by Gasteiger charge is -2.14. The van der Waals surface area contributed by atoms with Crippen LogP contribution in [-0.4, -0.2) is 11.8 Å². The maximum Gasteiger partial charge on any atom is 0.258 e. The Bertz CT molecular complexity index is 786. The van der Waals surface area contributed by atoms with Crippen molar-refractivity contribution in [3.63, 3.8) is 0 Å². The molecule has 0 aromatic heterocycles. The molecular formula is C18H17FN2O2. The van der Waals surface area contributed by atoms with Crippen LogP contribution in [0.4, 0.5) is 15.8 Å². The van der Waals surface area contributed by atoms with Crippen LogP contribution in [0.25, 0.3) is 0 Å². The summed E-state index contributed by atoms with van der Waals surface area (Å²) in [5.41, 5.74) is 2.15. The molecule has 0 aliphatic carbocycles. The first-order valence-corrected chi connectivity index (χ1v) is 7.48. The highest BCUT2D eigenvalue weighted by atomic mass is 19.1.